The maximum absolute atomic E-state index is 7.27. The maximum Gasteiger partial charge on any atom is 0.200 e. The molecule has 0 aliphatic carbocycles. The normalized spacial score (nSPS) is 23.3. The molecule has 42 heavy (non-hydrogen) atoms. The first-order valence-electron chi connectivity index (χ1n) is 14.6. The van der Waals surface area contributed by atoms with E-state index in [0.29, 0.717) is 27.2 Å². The number of nitrogens with zero attached hydrogens (tertiary/aromatic N) is 4. The lowest BCUT2D eigenvalue weighted by Crippen LogP contribution is -2.54. The standard InChI is InChI=1S/C28H51Br2ClN4O4Si3/c1-26(2,3)40(10,11)36-16-17-19(38-41(12,13)27(4,5)6)20(39-42(14,15)28(7,8)9)23(37-17)35-22-18(32-25(35)30)21(31)33-24(29)34-22/h17,19-20,23H,16H2,1-15H3/t17-,19-,20-,23-/m1/s1. The number of halogens is 3. The van der Waals surface area contributed by atoms with E-state index in [-0.39, 0.29) is 32.5 Å². The maximum atomic E-state index is 7.27. The summed E-state index contributed by atoms with van der Waals surface area (Å²) in [5.41, 5.74) is 1.05. The highest BCUT2D eigenvalue weighted by Crippen LogP contribution is 2.47. The van der Waals surface area contributed by atoms with Gasteiger partial charge in [-0.25, -0.2) is 15.0 Å². The molecule has 8 nitrogen and oxygen atoms in total. The summed E-state index contributed by atoms with van der Waals surface area (Å²) in [6.45, 7) is 34.3. The highest BCUT2D eigenvalue weighted by molar-refractivity contribution is 9.10. The van der Waals surface area contributed by atoms with Crippen LogP contribution in [0.5, 0.6) is 0 Å². The van der Waals surface area contributed by atoms with Crippen LogP contribution in [0.15, 0.2) is 9.47 Å². The third kappa shape index (κ3) is 7.46. The van der Waals surface area contributed by atoms with Gasteiger partial charge in [0.1, 0.15) is 23.8 Å². The van der Waals surface area contributed by atoms with E-state index in [2.05, 4.69) is 148 Å². The summed E-state index contributed by atoms with van der Waals surface area (Å²) >= 11 is 13.6. The molecule has 240 valence electrons. The van der Waals surface area contributed by atoms with E-state index < -0.39 is 37.3 Å². The summed E-state index contributed by atoms with van der Waals surface area (Å²) in [6.07, 6.45) is -1.74. The molecule has 0 radical (unpaired) electrons. The van der Waals surface area contributed by atoms with E-state index >= 15 is 0 Å². The predicted octanol–water partition coefficient (Wildman–Crippen LogP) is 9.70. The molecular weight excluding hydrogens is 736 g/mol. The first-order valence-corrected chi connectivity index (χ1v) is 25.3. The van der Waals surface area contributed by atoms with Crippen LogP contribution in [0.25, 0.3) is 11.2 Å². The third-order valence-electron chi connectivity index (χ3n) is 9.86. The second-order valence-electron chi connectivity index (χ2n) is 16.0. The summed E-state index contributed by atoms with van der Waals surface area (Å²) < 4.78 is 31.2. The molecule has 2 aromatic rings. The minimum Gasteiger partial charge on any atom is -0.414 e. The summed E-state index contributed by atoms with van der Waals surface area (Å²) in [7, 11) is -6.66. The molecule has 0 aromatic carbocycles. The lowest BCUT2D eigenvalue weighted by atomic mass is 10.1. The van der Waals surface area contributed by atoms with Crippen LogP contribution < -0.4 is 0 Å². The molecule has 3 heterocycles. The molecule has 1 aliphatic rings. The van der Waals surface area contributed by atoms with Crippen LogP contribution in [0.3, 0.4) is 0 Å². The smallest absolute Gasteiger partial charge is 0.200 e. The van der Waals surface area contributed by atoms with E-state index in [1.165, 1.54) is 0 Å². The minimum atomic E-state index is -2.31. The number of rotatable bonds is 8. The van der Waals surface area contributed by atoms with Crippen LogP contribution in [-0.4, -0.2) is 69.4 Å². The summed E-state index contributed by atoms with van der Waals surface area (Å²) in [5.74, 6) is 0. The fourth-order valence-corrected chi connectivity index (χ4v) is 8.79. The average molecular weight is 787 g/mol. The van der Waals surface area contributed by atoms with Crippen molar-refractivity contribution < 1.29 is 18.0 Å². The number of imidazole rings is 1. The van der Waals surface area contributed by atoms with Crippen molar-refractivity contribution in [2.75, 3.05) is 6.61 Å². The van der Waals surface area contributed by atoms with Gasteiger partial charge in [0.25, 0.3) is 0 Å². The Morgan fingerprint density at radius 3 is 1.71 bits per heavy atom. The first-order chi connectivity index (χ1) is 18.7. The van der Waals surface area contributed by atoms with Crippen LogP contribution in [0.2, 0.25) is 59.5 Å². The number of ether oxygens (including phenoxy) is 1. The van der Waals surface area contributed by atoms with Crippen molar-refractivity contribution in [2.24, 2.45) is 0 Å². The van der Waals surface area contributed by atoms with E-state index in [1.807, 2.05) is 4.57 Å². The van der Waals surface area contributed by atoms with Crippen molar-refractivity contribution in [2.45, 2.75) is 141 Å². The Labute approximate surface area is 278 Å². The summed E-state index contributed by atoms with van der Waals surface area (Å²) in [6, 6.07) is 0. The van der Waals surface area contributed by atoms with Crippen molar-refractivity contribution in [1.82, 2.24) is 19.5 Å². The monoisotopic (exact) mass is 784 g/mol. The average Bonchev–Trinajstić information content (AvgIpc) is 3.26. The molecule has 4 atom stereocenters. The number of hydrogen-bond donors (Lipinski definition) is 0. The number of hydrogen-bond acceptors (Lipinski definition) is 7. The van der Waals surface area contributed by atoms with Gasteiger partial charge in [0, 0.05) is 0 Å². The van der Waals surface area contributed by atoms with E-state index in [0.717, 1.165) is 0 Å². The van der Waals surface area contributed by atoms with Crippen LogP contribution in [0.4, 0.5) is 0 Å². The molecule has 14 heteroatoms. The van der Waals surface area contributed by atoms with E-state index in [1.54, 1.807) is 0 Å². The van der Waals surface area contributed by atoms with Gasteiger partial charge in [-0.3, -0.25) is 4.57 Å². The molecule has 1 aliphatic heterocycles. The molecule has 0 saturated carbocycles. The zero-order valence-electron chi connectivity index (χ0n) is 28.1. The largest absolute Gasteiger partial charge is 0.414 e. The van der Waals surface area contributed by atoms with Crippen LogP contribution in [0, 0.1) is 0 Å². The van der Waals surface area contributed by atoms with Gasteiger partial charge < -0.3 is 18.0 Å². The fraction of sp³-hybridized carbons (Fsp3) is 0.821. The van der Waals surface area contributed by atoms with Crippen molar-refractivity contribution >= 4 is 79.6 Å². The predicted molar refractivity (Wildman–Crippen MR) is 187 cm³/mol. The molecule has 0 unspecified atom stereocenters. The quantitative estimate of drug-likeness (QED) is 0.114. The zero-order valence-corrected chi connectivity index (χ0v) is 35.0. The van der Waals surface area contributed by atoms with Crippen molar-refractivity contribution in [3.63, 3.8) is 0 Å². The Morgan fingerprint density at radius 1 is 0.762 bits per heavy atom. The highest BCUT2D eigenvalue weighted by atomic mass is 79.9. The lowest BCUT2D eigenvalue weighted by molar-refractivity contribution is -0.0480. The summed E-state index contributed by atoms with van der Waals surface area (Å²) in [4.78, 5) is 13.6. The van der Waals surface area contributed by atoms with E-state index in [9.17, 15) is 0 Å². The Hall–Kier alpha value is 0.291. The Bertz CT molecular complexity index is 1290. The second kappa shape index (κ2) is 12.1. The van der Waals surface area contributed by atoms with Crippen LogP contribution in [-0.2, 0) is 18.0 Å². The van der Waals surface area contributed by atoms with Crippen molar-refractivity contribution in [3.8, 4) is 0 Å². The van der Waals surface area contributed by atoms with Gasteiger partial charge in [-0.05, 0) is 86.3 Å². The van der Waals surface area contributed by atoms with Gasteiger partial charge in [0.05, 0.1) is 6.61 Å². The van der Waals surface area contributed by atoms with Crippen LogP contribution in [0.1, 0.15) is 68.5 Å². The Morgan fingerprint density at radius 2 is 1.24 bits per heavy atom. The number of fused-ring (bicyclic) bond motifs is 1. The second-order valence-corrected chi connectivity index (χ2v) is 32.1. The molecular formula is C28H51Br2ClN4O4Si3. The van der Waals surface area contributed by atoms with Crippen LogP contribution >= 0.6 is 43.5 Å². The van der Waals surface area contributed by atoms with Gasteiger partial charge in [0.2, 0.25) is 0 Å². The molecule has 3 rings (SSSR count). The highest BCUT2D eigenvalue weighted by Gasteiger charge is 2.55. The first kappa shape index (κ1) is 36.8. The van der Waals surface area contributed by atoms with Gasteiger partial charge in [-0.2, -0.15) is 0 Å². The van der Waals surface area contributed by atoms with Gasteiger partial charge in [-0.15, -0.1) is 0 Å². The Kier molecular flexibility index (Phi) is 10.6. The Balaban J connectivity index is 2.23. The van der Waals surface area contributed by atoms with Gasteiger partial charge in [0.15, 0.2) is 51.4 Å². The lowest BCUT2D eigenvalue weighted by Gasteiger charge is -2.44. The van der Waals surface area contributed by atoms with E-state index in [4.69, 9.17) is 29.6 Å². The fourth-order valence-electron chi connectivity index (χ4n) is 3.97. The molecule has 1 saturated heterocycles. The third-order valence-corrected chi connectivity index (χ3v) is 24.5. The molecule has 2 aromatic heterocycles. The SMILES string of the molecule is CC(C)(C)[Si](C)(C)OC[C@H]1O[C@@H](n2c(Br)nc3c(Cl)nc(Br)nc32)[C@H](O[Si](C)(C)C(C)(C)C)[C@@H]1O[Si](C)(C)C(C)(C)C. The number of aromatic nitrogens is 4. The van der Waals surface area contributed by atoms with Gasteiger partial charge in [-0.1, -0.05) is 73.9 Å². The molecule has 1 fully saturated rings. The molecule has 0 spiro atoms. The topological polar surface area (TPSA) is 80.5 Å². The minimum absolute atomic E-state index is 0.00858. The summed E-state index contributed by atoms with van der Waals surface area (Å²) in [5, 5.41) is 0.280. The molecule has 0 bridgehead atoms. The van der Waals surface area contributed by atoms with Crippen molar-refractivity contribution in [3.05, 3.63) is 14.6 Å². The van der Waals surface area contributed by atoms with Crippen molar-refractivity contribution in [1.29, 1.82) is 0 Å². The zero-order chi connectivity index (χ0) is 32.4. The molecule has 0 amide bonds. The van der Waals surface area contributed by atoms with Gasteiger partial charge >= 0.3 is 0 Å². The molecule has 0 N–H and O–H groups in total.